The van der Waals surface area contributed by atoms with E-state index >= 15 is 0 Å². The van der Waals surface area contributed by atoms with Gasteiger partial charge in [0.2, 0.25) is 0 Å². The molecule has 2 nitrogen and oxygen atoms in total. The normalized spacial score (nSPS) is 11.4. The lowest BCUT2D eigenvalue weighted by molar-refractivity contribution is 1.24. The first-order chi connectivity index (χ1) is 20.3. The molecule has 0 aliphatic rings. The van der Waals surface area contributed by atoms with Crippen LogP contribution in [0.1, 0.15) is 0 Å². The van der Waals surface area contributed by atoms with Crippen molar-refractivity contribution in [2.75, 3.05) is 0 Å². The maximum atomic E-state index is 5.16. The Morgan fingerprint density at radius 3 is 1.83 bits per heavy atom. The summed E-state index contributed by atoms with van der Waals surface area (Å²) in [6.45, 7) is 0. The predicted octanol–water partition coefficient (Wildman–Crippen LogP) is 10.7. The van der Waals surface area contributed by atoms with Crippen LogP contribution in [0.2, 0.25) is 0 Å². The molecule has 2 aromatic heterocycles. The number of thiophene rings is 1. The van der Waals surface area contributed by atoms with E-state index in [0.717, 1.165) is 38.4 Å². The molecule has 0 fully saturated rings. The molecule has 8 aromatic rings. The summed E-state index contributed by atoms with van der Waals surface area (Å²) in [5.41, 5.74) is 8.83. The van der Waals surface area contributed by atoms with E-state index in [1.54, 1.807) is 11.3 Å². The van der Waals surface area contributed by atoms with E-state index in [2.05, 4.69) is 140 Å². The van der Waals surface area contributed by atoms with Gasteiger partial charge in [-0.25, -0.2) is 9.97 Å². The Hall–Kier alpha value is -5.12. The maximum absolute atomic E-state index is 5.16. The molecule has 0 bridgehead atoms. The number of hydrogen-bond donors (Lipinski definition) is 0. The molecule has 0 radical (unpaired) electrons. The molecule has 0 amide bonds. The molecule has 0 N–H and O–H groups in total. The third-order valence-corrected chi connectivity index (χ3v) is 8.83. The monoisotopic (exact) mass is 540 g/mol. The Morgan fingerprint density at radius 1 is 0.415 bits per heavy atom. The van der Waals surface area contributed by atoms with E-state index < -0.39 is 0 Å². The Labute approximate surface area is 242 Å². The number of nitrogens with zero attached hydrogens (tertiary/aromatic N) is 2. The van der Waals surface area contributed by atoms with Crippen LogP contribution in [0.25, 0.3) is 76.0 Å². The van der Waals surface area contributed by atoms with Crippen LogP contribution >= 0.6 is 11.3 Å². The van der Waals surface area contributed by atoms with E-state index in [4.69, 9.17) is 9.97 Å². The average Bonchev–Trinajstić information content (AvgIpc) is 3.43. The molecule has 41 heavy (non-hydrogen) atoms. The quantitative estimate of drug-likeness (QED) is 0.222. The largest absolute Gasteiger partial charge is 0.226 e. The summed E-state index contributed by atoms with van der Waals surface area (Å²) in [4.78, 5) is 10.3. The van der Waals surface area contributed by atoms with Gasteiger partial charge in [0.25, 0.3) is 0 Å². The van der Waals surface area contributed by atoms with Gasteiger partial charge in [-0.3, -0.25) is 0 Å². The van der Waals surface area contributed by atoms with Gasteiger partial charge in [-0.05, 0) is 57.3 Å². The van der Waals surface area contributed by atoms with Crippen molar-refractivity contribution < 1.29 is 0 Å². The first kappa shape index (κ1) is 23.7. The molecule has 0 aliphatic carbocycles. The summed E-state index contributed by atoms with van der Waals surface area (Å²) in [6.07, 6.45) is 0. The topological polar surface area (TPSA) is 25.8 Å². The zero-order valence-electron chi connectivity index (χ0n) is 22.2. The number of benzene rings is 6. The minimum Gasteiger partial charge on any atom is -0.226 e. The van der Waals surface area contributed by atoms with Gasteiger partial charge in [-0.1, -0.05) is 121 Å². The van der Waals surface area contributed by atoms with Gasteiger partial charge in [0.15, 0.2) is 5.82 Å². The van der Waals surface area contributed by atoms with Crippen LogP contribution in [0.3, 0.4) is 0 Å². The fraction of sp³-hybridized carbons (Fsp3) is 0. The first-order valence-corrected chi connectivity index (χ1v) is 14.6. The van der Waals surface area contributed by atoms with Crippen LogP contribution in [-0.2, 0) is 0 Å². The fourth-order valence-electron chi connectivity index (χ4n) is 5.60. The molecular weight excluding hydrogens is 516 g/mol. The fourth-order valence-corrected chi connectivity index (χ4v) is 6.75. The van der Waals surface area contributed by atoms with Crippen LogP contribution in [0.5, 0.6) is 0 Å². The second-order valence-electron chi connectivity index (χ2n) is 10.3. The van der Waals surface area contributed by atoms with Crippen molar-refractivity contribution in [3.8, 4) is 44.9 Å². The minimum absolute atomic E-state index is 0.743. The molecule has 0 saturated carbocycles. The van der Waals surface area contributed by atoms with Crippen molar-refractivity contribution in [1.29, 1.82) is 0 Å². The highest BCUT2D eigenvalue weighted by molar-refractivity contribution is 7.26. The number of fused-ring (bicyclic) bond motifs is 4. The SMILES string of the molecule is c1ccc(-c2nc(-c3cccc(-c4cccc(-c5ccc6ccccc6c5)c4)c3)nc3c2sc2ccccc23)cc1. The third kappa shape index (κ3) is 4.28. The molecule has 192 valence electrons. The van der Waals surface area contributed by atoms with Gasteiger partial charge >= 0.3 is 0 Å². The smallest absolute Gasteiger partial charge is 0.160 e. The highest BCUT2D eigenvalue weighted by atomic mass is 32.1. The van der Waals surface area contributed by atoms with Gasteiger partial charge in [-0.15, -0.1) is 11.3 Å². The third-order valence-electron chi connectivity index (χ3n) is 7.67. The maximum Gasteiger partial charge on any atom is 0.160 e. The summed E-state index contributed by atoms with van der Waals surface area (Å²) >= 11 is 1.76. The molecule has 0 saturated heterocycles. The summed E-state index contributed by atoms with van der Waals surface area (Å²) in [6, 6.07) is 51.5. The van der Waals surface area contributed by atoms with E-state index in [-0.39, 0.29) is 0 Å². The van der Waals surface area contributed by atoms with Crippen LogP contribution in [0.15, 0.2) is 146 Å². The Morgan fingerprint density at radius 2 is 1.02 bits per heavy atom. The van der Waals surface area contributed by atoms with E-state index in [0.29, 0.717) is 0 Å². The van der Waals surface area contributed by atoms with Crippen molar-refractivity contribution in [2.24, 2.45) is 0 Å². The van der Waals surface area contributed by atoms with Gasteiger partial charge < -0.3 is 0 Å². The molecule has 0 unspecified atom stereocenters. The van der Waals surface area contributed by atoms with E-state index in [1.165, 1.54) is 37.5 Å². The summed E-state index contributed by atoms with van der Waals surface area (Å²) < 4.78 is 2.35. The standard InChI is InChI=1S/C38H24N2S/c1-2-11-26(12-3-1)35-37-36(33-18-6-7-19-34(33)41-37)40-38(39-35)32-17-9-16-30(24-32)28-14-8-15-29(23-28)31-21-20-25-10-4-5-13-27(25)22-31/h1-24H. The molecule has 0 spiro atoms. The second-order valence-corrected chi connectivity index (χ2v) is 11.3. The summed E-state index contributed by atoms with van der Waals surface area (Å²) in [5, 5.41) is 3.68. The number of rotatable bonds is 4. The lowest BCUT2D eigenvalue weighted by Gasteiger charge is -2.10. The number of aromatic nitrogens is 2. The molecule has 8 rings (SSSR count). The first-order valence-electron chi connectivity index (χ1n) is 13.7. The Balaban J connectivity index is 1.25. The lowest BCUT2D eigenvalue weighted by atomic mass is 9.96. The van der Waals surface area contributed by atoms with Crippen molar-refractivity contribution >= 4 is 42.4 Å². The van der Waals surface area contributed by atoms with Gasteiger partial charge in [-0.2, -0.15) is 0 Å². The lowest BCUT2D eigenvalue weighted by Crippen LogP contribution is -1.94. The van der Waals surface area contributed by atoms with Crippen LogP contribution in [0.4, 0.5) is 0 Å². The molecule has 3 heteroatoms. The average molecular weight is 541 g/mol. The van der Waals surface area contributed by atoms with Crippen LogP contribution in [-0.4, -0.2) is 9.97 Å². The minimum atomic E-state index is 0.743. The van der Waals surface area contributed by atoms with E-state index in [9.17, 15) is 0 Å². The molecule has 6 aromatic carbocycles. The van der Waals surface area contributed by atoms with Crippen LogP contribution < -0.4 is 0 Å². The number of hydrogen-bond acceptors (Lipinski definition) is 3. The molecule has 2 heterocycles. The van der Waals surface area contributed by atoms with Crippen molar-refractivity contribution in [1.82, 2.24) is 9.97 Å². The molecular formula is C38H24N2S. The van der Waals surface area contributed by atoms with Crippen molar-refractivity contribution in [3.05, 3.63) is 146 Å². The van der Waals surface area contributed by atoms with Gasteiger partial charge in [0, 0.05) is 21.2 Å². The van der Waals surface area contributed by atoms with Gasteiger partial charge in [0.1, 0.15) is 0 Å². The zero-order chi connectivity index (χ0) is 27.2. The zero-order valence-corrected chi connectivity index (χ0v) is 23.0. The highest BCUT2D eigenvalue weighted by Gasteiger charge is 2.16. The van der Waals surface area contributed by atoms with Crippen molar-refractivity contribution in [3.63, 3.8) is 0 Å². The predicted molar refractivity (Wildman–Crippen MR) is 174 cm³/mol. The van der Waals surface area contributed by atoms with E-state index in [1.807, 2.05) is 6.07 Å². The second kappa shape index (κ2) is 9.81. The summed E-state index contributed by atoms with van der Waals surface area (Å²) in [5.74, 6) is 0.743. The van der Waals surface area contributed by atoms with Gasteiger partial charge in [0.05, 0.1) is 15.9 Å². The van der Waals surface area contributed by atoms with Crippen molar-refractivity contribution in [2.45, 2.75) is 0 Å². The molecule has 0 aliphatic heterocycles. The molecule has 0 atom stereocenters. The Bertz CT molecular complexity index is 2210. The summed E-state index contributed by atoms with van der Waals surface area (Å²) in [7, 11) is 0. The van der Waals surface area contributed by atoms with Crippen LogP contribution in [0, 0.1) is 0 Å². The highest BCUT2D eigenvalue weighted by Crippen LogP contribution is 2.39. The Kier molecular flexibility index (Phi) is 5.68.